The molecule has 1 heterocycles. The number of pyridine rings is 1. The van der Waals surface area contributed by atoms with E-state index in [1.165, 1.54) is 0 Å². The molecule has 0 fully saturated rings. The SMILES string of the molecule is O=C(NCCc1cccnc1)NCc1ccccc1CO. The van der Waals surface area contributed by atoms with Crippen LogP contribution in [0.3, 0.4) is 0 Å². The maximum Gasteiger partial charge on any atom is 0.315 e. The first-order valence-electron chi connectivity index (χ1n) is 6.88. The van der Waals surface area contributed by atoms with Gasteiger partial charge in [0.25, 0.3) is 0 Å². The highest BCUT2D eigenvalue weighted by Gasteiger charge is 2.03. The zero-order valence-electron chi connectivity index (χ0n) is 11.7. The van der Waals surface area contributed by atoms with Crippen LogP contribution in [0.25, 0.3) is 0 Å². The lowest BCUT2D eigenvalue weighted by molar-refractivity contribution is 0.240. The maximum atomic E-state index is 11.7. The van der Waals surface area contributed by atoms with Crippen LogP contribution >= 0.6 is 0 Å². The third-order valence-corrected chi connectivity index (χ3v) is 3.15. The molecule has 0 saturated carbocycles. The minimum Gasteiger partial charge on any atom is -0.392 e. The van der Waals surface area contributed by atoms with Crippen molar-refractivity contribution in [2.45, 2.75) is 19.6 Å². The highest BCUT2D eigenvalue weighted by molar-refractivity contribution is 5.73. The molecule has 0 saturated heterocycles. The van der Waals surface area contributed by atoms with Crippen LogP contribution in [0, 0.1) is 0 Å². The average molecular weight is 285 g/mol. The van der Waals surface area contributed by atoms with E-state index in [1.807, 2.05) is 36.4 Å². The average Bonchev–Trinajstić information content (AvgIpc) is 2.54. The summed E-state index contributed by atoms with van der Waals surface area (Å²) in [6.45, 7) is 0.926. The second kappa shape index (κ2) is 8.01. The molecule has 1 aromatic heterocycles. The van der Waals surface area contributed by atoms with Crippen molar-refractivity contribution in [2.24, 2.45) is 0 Å². The van der Waals surface area contributed by atoms with Gasteiger partial charge in [-0.25, -0.2) is 4.79 Å². The molecule has 3 N–H and O–H groups in total. The van der Waals surface area contributed by atoms with Crippen LogP contribution in [0.2, 0.25) is 0 Å². The van der Waals surface area contributed by atoms with Crippen LogP contribution < -0.4 is 10.6 Å². The Hall–Kier alpha value is -2.40. The maximum absolute atomic E-state index is 11.7. The molecule has 0 radical (unpaired) electrons. The van der Waals surface area contributed by atoms with Crippen molar-refractivity contribution in [2.75, 3.05) is 6.54 Å². The summed E-state index contributed by atoms with van der Waals surface area (Å²) in [5, 5.41) is 14.8. The predicted molar refractivity (Wildman–Crippen MR) is 80.5 cm³/mol. The first kappa shape index (κ1) is 15.0. The number of carbonyl (C=O) groups excluding carboxylic acids is 1. The summed E-state index contributed by atoms with van der Waals surface area (Å²) in [4.78, 5) is 15.7. The van der Waals surface area contributed by atoms with Gasteiger partial charge < -0.3 is 15.7 Å². The summed E-state index contributed by atoms with van der Waals surface area (Å²) in [6, 6.07) is 11.1. The van der Waals surface area contributed by atoms with Crippen molar-refractivity contribution < 1.29 is 9.90 Å². The van der Waals surface area contributed by atoms with Gasteiger partial charge in [0, 0.05) is 25.5 Å². The second-order valence-electron chi connectivity index (χ2n) is 4.65. The number of hydrogen-bond acceptors (Lipinski definition) is 3. The molecule has 0 unspecified atom stereocenters. The Balaban J connectivity index is 1.72. The Bertz CT molecular complexity index is 573. The van der Waals surface area contributed by atoms with Crippen LogP contribution in [-0.2, 0) is 19.6 Å². The lowest BCUT2D eigenvalue weighted by Gasteiger charge is -2.10. The van der Waals surface area contributed by atoms with Crippen molar-refractivity contribution in [3.63, 3.8) is 0 Å². The molecule has 0 aliphatic heterocycles. The van der Waals surface area contributed by atoms with Gasteiger partial charge in [-0.15, -0.1) is 0 Å². The van der Waals surface area contributed by atoms with Gasteiger partial charge in [-0.2, -0.15) is 0 Å². The van der Waals surface area contributed by atoms with Crippen molar-refractivity contribution in [3.05, 3.63) is 65.5 Å². The number of amides is 2. The van der Waals surface area contributed by atoms with E-state index in [1.54, 1.807) is 12.4 Å². The fourth-order valence-electron chi connectivity index (χ4n) is 1.99. The van der Waals surface area contributed by atoms with E-state index in [4.69, 9.17) is 0 Å². The Morgan fingerprint density at radius 1 is 1.10 bits per heavy atom. The van der Waals surface area contributed by atoms with Crippen molar-refractivity contribution in [1.82, 2.24) is 15.6 Å². The lowest BCUT2D eigenvalue weighted by atomic mass is 10.1. The second-order valence-corrected chi connectivity index (χ2v) is 4.65. The zero-order chi connectivity index (χ0) is 14.9. The third-order valence-electron chi connectivity index (χ3n) is 3.15. The minimum absolute atomic E-state index is 0.0273. The molecule has 110 valence electrons. The fraction of sp³-hybridized carbons (Fsp3) is 0.250. The number of hydrogen-bond donors (Lipinski definition) is 3. The molecule has 2 amide bonds. The normalized spacial score (nSPS) is 10.1. The summed E-state index contributed by atoms with van der Waals surface area (Å²) in [5.74, 6) is 0. The van der Waals surface area contributed by atoms with Gasteiger partial charge in [0.05, 0.1) is 6.61 Å². The van der Waals surface area contributed by atoms with Gasteiger partial charge in [-0.3, -0.25) is 4.98 Å². The molecule has 21 heavy (non-hydrogen) atoms. The standard InChI is InChI=1S/C16H19N3O2/c20-12-15-6-2-1-5-14(15)11-19-16(21)18-9-7-13-4-3-8-17-10-13/h1-6,8,10,20H,7,9,11-12H2,(H2,18,19,21). The van der Waals surface area contributed by atoms with Gasteiger partial charge in [0.15, 0.2) is 0 Å². The largest absolute Gasteiger partial charge is 0.392 e. The van der Waals surface area contributed by atoms with Crippen LogP contribution in [0.5, 0.6) is 0 Å². The molecule has 0 aliphatic carbocycles. The number of urea groups is 1. The number of aromatic nitrogens is 1. The van der Waals surface area contributed by atoms with Crippen molar-refractivity contribution >= 4 is 6.03 Å². The summed E-state index contributed by atoms with van der Waals surface area (Å²) < 4.78 is 0. The van der Waals surface area contributed by atoms with E-state index >= 15 is 0 Å². The minimum atomic E-state index is -0.216. The van der Waals surface area contributed by atoms with Gasteiger partial charge in [-0.1, -0.05) is 30.3 Å². The number of aliphatic hydroxyl groups is 1. The van der Waals surface area contributed by atoms with E-state index in [2.05, 4.69) is 15.6 Å². The summed E-state index contributed by atoms with van der Waals surface area (Å²) in [6.07, 6.45) is 4.26. The molecule has 5 nitrogen and oxygen atoms in total. The van der Waals surface area contributed by atoms with Crippen LogP contribution in [-0.4, -0.2) is 22.7 Å². The number of nitrogens with one attached hydrogen (secondary N) is 2. The summed E-state index contributed by atoms with van der Waals surface area (Å²) in [5.41, 5.74) is 2.83. The first-order valence-corrected chi connectivity index (χ1v) is 6.88. The topological polar surface area (TPSA) is 74.2 Å². The van der Waals surface area contributed by atoms with Gasteiger partial charge in [-0.05, 0) is 29.2 Å². The Labute approximate surface area is 124 Å². The predicted octanol–water partition coefficient (Wildman–Crippen LogP) is 1.62. The Morgan fingerprint density at radius 3 is 2.62 bits per heavy atom. The fourth-order valence-corrected chi connectivity index (χ4v) is 1.99. The molecular weight excluding hydrogens is 266 g/mol. The summed E-state index contributed by atoms with van der Waals surface area (Å²) >= 11 is 0. The van der Waals surface area contributed by atoms with Crippen LogP contribution in [0.4, 0.5) is 4.79 Å². The quantitative estimate of drug-likeness (QED) is 0.755. The molecular formula is C16H19N3O2. The van der Waals surface area contributed by atoms with Crippen molar-refractivity contribution in [3.8, 4) is 0 Å². The van der Waals surface area contributed by atoms with Gasteiger partial charge in [0.1, 0.15) is 0 Å². The van der Waals surface area contributed by atoms with Crippen LogP contribution in [0.15, 0.2) is 48.8 Å². The lowest BCUT2D eigenvalue weighted by Crippen LogP contribution is -2.36. The van der Waals surface area contributed by atoms with Gasteiger partial charge >= 0.3 is 6.03 Å². The molecule has 2 aromatic rings. The zero-order valence-corrected chi connectivity index (χ0v) is 11.7. The number of aliphatic hydroxyl groups excluding tert-OH is 1. The number of rotatable bonds is 6. The highest BCUT2D eigenvalue weighted by atomic mass is 16.3. The number of benzene rings is 1. The monoisotopic (exact) mass is 285 g/mol. The third kappa shape index (κ3) is 4.89. The molecule has 1 aromatic carbocycles. The highest BCUT2D eigenvalue weighted by Crippen LogP contribution is 2.07. The van der Waals surface area contributed by atoms with Crippen LogP contribution in [0.1, 0.15) is 16.7 Å². The Morgan fingerprint density at radius 2 is 1.90 bits per heavy atom. The van der Waals surface area contributed by atoms with E-state index in [0.717, 1.165) is 23.1 Å². The molecule has 0 bridgehead atoms. The summed E-state index contributed by atoms with van der Waals surface area (Å²) in [7, 11) is 0. The van der Waals surface area contributed by atoms with E-state index in [9.17, 15) is 9.90 Å². The molecule has 0 aliphatic rings. The number of carbonyl (C=O) groups is 1. The first-order chi connectivity index (χ1) is 10.3. The molecule has 0 atom stereocenters. The van der Waals surface area contributed by atoms with Gasteiger partial charge in [0.2, 0.25) is 0 Å². The molecule has 0 spiro atoms. The van der Waals surface area contributed by atoms with E-state index in [0.29, 0.717) is 13.1 Å². The Kier molecular flexibility index (Phi) is 5.72. The smallest absolute Gasteiger partial charge is 0.315 e. The molecule has 5 heteroatoms. The van der Waals surface area contributed by atoms with E-state index in [-0.39, 0.29) is 12.6 Å². The van der Waals surface area contributed by atoms with E-state index < -0.39 is 0 Å². The molecule has 2 rings (SSSR count). The number of nitrogens with zero attached hydrogens (tertiary/aromatic N) is 1. The van der Waals surface area contributed by atoms with Crippen molar-refractivity contribution in [1.29, 1.82) is 0 Å².